The van der Waals surface area contributed by atoms with Crippen LogP contribution in [0.3, 0.4) is 0 Å². The van der Waals surface area contributed by atoms with Crippen LogP contribution in [0, 0.1) is 17.8 Å². The Balaban J connectivity index is 3.04. The van der Waals surface area contributed by atoms with Crippen molar-refractivity contribution in [3.8, 4) is 11.8 Å². The van der Waals surface area contributed by atoms with Gasteiger partial charge in [0.15, 0.2) is 0 Å². The van der Waals surface area contributed by atoms with Crippen LogP contribution in [0.2, 0.25) is 0 Å². The molecule has 0 amide bonds. The smallest absolute Gasteiger partial charge is 0.0146 e. The minimum absolute atomic E-state index is 0.541. The highest BCUT2D eigenvalue weighted by atomic mass is 13.9. The van der Waals surface area contributed by atoms with Crippen LogP contribution >= 0.6 is 0 Å². The monoisotopic (exact) mass is 194 g/mol. The zero-order valence-corrected chi connectivity index (χ0v) is 10.2. The van der Waals surface area contributed by atoms with E-state index < -0.39 is 0 Å². The summed E-state index contributed by atoms with van der Waals surface area (Å²) in [6.07, 6.45) is 10.8. The van der Waals surface area contributed by atoms with Gasteiger partial charge < -0.3 is 0 Å². The van der Waals surface area contributed by atoms with Gasteiger partial charge in [-0.1, -0.05) is 59.3 Å². The lowest BCUT2D eigenvalue weighted by molar-refractivity contribution is 0.594. The third-order valence-corrected chi connectivity index (χ3v) is 2.30. The Labute approximate surface area is 90.5 Å². The highest BCUT2D eigenvalue weighted by molar-refractivity contribution is 5.00. The molecule has 0 saturated heterocycles. The predicted octanol–water partition coefficient (Wildman–Crippen LogP) is 4.79. The van der Waals surface area contributed by atoms with Gasteiger partial charge in [-0.15, -0.1) is 11.8 Å². The van der Waals surface area contributed by atoms with Gasteiger partial charge in [0.05, 0.1) is 0 Å². The van der Waals surface area contributed by atoms with Crippen LogP contribution in [0.25, 0.3) is 0 Å². The topological polar surface area (TPSA) is 0 Å². The molecule has 0 heterocycles. The molecule has 0 heteroatoms. The minimum atomic E-state index is 0.541. The van der Waals surface area contributed by atoms with Crippen LogP contribution in [0.1, 0.15) is 72.1 Å². The van der Waals surface area contributed by atoms with E-state index in [1.165, 1.54) is 44.9 Å². The SMILES string of the molecule is CCCCCCCCCC#CC(C)C. The third kappa shape index (κ3) is 11.6. The van der Waals surface area contributed by atoms with Gasteiger partial charge in [0.1, 0.15) is 0 Å². The van der Waals surface area contributed by atoms with Gasteiger partial charge in [-0.2, -0.15) is 0 Å². The number of hydrogen-bond acceptors (Lipinski definition) is 0. The lowest BCUT2D eigenvalue weighted by atomic mass is 10.1. The molecule has 0 aromatic carbocycles. The largest absolute Gasteiger partial charge is 0.103 e. The van der Waals surface area contributed by atoms with E-state index in [-0.39, 0.29) is 0 Å². The van der Waals surface area contributed by atoms with Crippen LogP contribution in [-0.4, -0.2) is 0 Å². The minimum Gasteiger partial charge on any atom is -0.103 e. The van der Waals surface area contributed by atoms with Crippen LogP contribution < -0.4 is 0 Å². The molecule has 0 bridgehead atoms. The normalized spacial score (nSPS) is 10.0. The Hall–Kier alpha value is -0.440. The van der Waals surface area contributed by atoms with Crippen molar-refractivity contribution in [2.45, 2.75) is 72.1 Å². The van der Waals surface area contributed by atoms with Gasteiger partial charge in [0, 0.05) is 12.3 Å². The van der Waals surface area contributed by atoms with Crippen molar-refractivity contribution in [2.24, 2.45) is 5.92 Å². The molecule has 0 atom stereocenters. The first-order valence-electron chi connectivity index (χ1n) is 6.25. The first kappa shape index (κ1) is 13.6. The van der Waals surface area contributed by atoms with Gasteiger partial charge >= 0.3 is 0 Å². The molecule has 82 valence electrons. The number of rotatable bonds is 7. The van der Waals surface area contributed by atoms with Crippen molar-refractivity contribution in [3.05, 3.63) is 0 Å². The highest BCUT2D eigenvalue weighted by Crippen LogP contribution is 2.07. The lowest BCUT2D eigenvalue weighted by Crippen LogP contribution is -1.80. The average Bonchev–Trinajstić information content (AvgIpc) is 2.15. The van der Waals surface area contributed by atoms with Crippen molar-refractivity contribution in [1.29, 1.82) is 0 Å². The Bertz CT molecular complexity index is 157. The van der Waals surface area contributed by atoms with E-state index in [9.17, 15) is 0 Å². The Kier molecular flexibility index (Phi) is 10.3. The molecular weight excluding hydrogens is 168 g/mol. The summed E-state index contributed by atoms with van der Waals surface area (Å²) in [5, 5.41) is 0. The van der Waals surface area contributed by atoms with Gasteiger partial charge in [-0.3, -0.25) is 0 Å². The molecule has 0 unspecified atom stereocenters. The summed E-state index contributed by atoms with van der Waals surface area (Å²) in [6, 6.07) is 0. The van der Waals surface area contributed by atoms with E-state index in [4.69, 9.17) is 0 Å². The van der Waals surface area contributed by atoms with Crippen LogP contribution in [0.5, 0.6) is 0 Å². The van der Waals surface area contributed by atoms with Crippen molar-refractivity contribution in [3.63, 3.8) is 0 Å². The second-order valence-electron chi connectivity index (χ2n) is 4.35. The molecule has 0 aromatic rings. The lowest BCUT2D eigenvalue weighted by Gasteiger charge is -1.98. The molecule has 0 aliphatic carbocycles. The standard InChI is InChI=1S/C14H26/c1-4-5-6-7-8-9-10-11-12-13-14(2)3/h14H,4-11H2,1-3H3. The Morgan fingerprint density at radius 1 is 0.857 bits per heavy atom. The maximum atomic E-state index is 3.24. The average molecular weight is 194 g/mol. The summed E-state index contributed by atoms with van der Waals surface area (Å²) in [7, 11) is 0. The zero-order chi connectivity index (χ0) is 10.6. The Morgan fingerprint density at radius 3 is 2.00 bits per heavy atom. The van der Waals surface area contributed by atoms with E-state index in [1.54, 1.807) is 0 Å². The fourth-order valence-corrected chi connectivity index (χ4v) is 1.45. The first-order valence-corrected chi connectivity index (χ1v) is 6.25. The number of unbranched alkanes of at least 4 members (excludes halogenated alkanes) is 7. The van der Waals surface area contributed by atoms with Gasteiger partial charge in [-0.25, -0.2) is 0 Å². The maximum absolute atomic E-state index is 3.24. The molecule has 14 heavy (non-hydrogen) atoms. The predicted molar refractivity (Wildman–Crippen MR) is 65.2 cm³/mol. The molecule has 0 nitrogen and oxygen atoms in total. The highest BCUT2D eigenvalue weighted by Gasteiger charge is 1.89. The molecule has 0 aliphatic rings. The quantitative estimate of drug-likeness (QED) is 0.404. The Morgan fingerprint density at radius 2 is 1.43 bits per heavy atom. The first-order chi connectivity index (χ1) is 6.77. The summed E-state index contributed by atoms with van der Waals surface area (Å²) < 4.78 is 0. The summed E-state index contributed by atoms with van der Waals surface area (Å²) in [6.45, 7) is 6.57. The molecular formula is C14H26. The van der Waals surface area contributed by atoms with Crippen molar-refractivity contribution < 1.29 is 0 Å². The second-order valence-corrected chi connectivity index (χ2v) is 4.35. The van der Waals surface area contributed by atoms with Crippen molar-refractivity contribution in [2.75, 3.05) is 0 Å². The molecule has 0 N–H and O–H groups in total. The van der Waals surface area contributed by atoms with Crippen LogP contribution in [0.15, 0.2) is 0 Å². The summed E-state index contributed by atoms with van der Waals surface area (Å²) in [4.78, 5) is 0. The second kappa shape index (κ2) is 10.6. The molecule has 0 saturated carbocycles. The molecule has 0 spiro atoms. The third-order valence-electron chi connectivity index (χ3n) is 2.30. The molecule has 0 rings (SSSR count). The zero-order valence-electron chi connectivity index (χ0n) is 10.2. The number of hydrogen-bond donors (Lipinski definition) is 0. The van der Waals surface area contributed by atoms with Crippen LogP contribution in [-0.2, 0) is 0 Å². The van der Waals surface area contributed by atoms with E-state index in [0.29, 0.717) is 5.92 Å². The fraction of sp³-hybridized carbons (Fsp3) is 0.857. The van der Waals surface area contributed by atoms with E-state index in [1.807, 2.05) is 0 Å². The molecule has 0 aliphatic heterocycles. The summed E-state index contributed by atoms with van der Waals surface area (Å²) in [5.41, 5.74) is 0. The van der Waals surface area contributed by atoms with Gasteiger partial charge in [0.25, 0.3) is 0 Å². The van der Waals surface area contributed by atoms with E-state index in [2.05, 4.69) is 32.6 Å². The van der Waals surface area contributed by atoms with Crippen molar-refractivity contribution in [1.82, 2.24) is 0 Å². The maximum Gasteiger partial charge on any atom is 0.0146 e. The molecule has 0 radical (unpaired) electrons. The van der Waals surface area contributed by atoms with Crippen LogP contribution in [0.4, 0.5) is 0 Å². The molecule has 0 fully saturated rings. The summed E-state index contributed by atoms with van der Waals surface area (Å²) >= 11 is 0. The fourth-order valence-electron chi connectivity index (χ4n) is 1.45. The van der Waals surface area contributed by atoms with Gasteiger partial charge in [0.2, 0.25) is 0 Å². The van der Waals surface area contributed by atoms with Crippen molar-refractivity contribution >= 4 is 0 Å². The molecule has 0 aromatic heterocycles. The van der Waals surface area contributed by atoms with E-state index >= 15 is 0 Å². The van der Waals surface area contributed by atoms with Gasteiger partial charge in [-0.05, 0) is 6.42 Å². The summed E-state index contributed by atoms with van der Waals surface area (Å²) in [5.74, 6) is 6.98. The van der Waals surface area contributed by atoms with E-state index in [0.717, 1.165) is 6.42 Å².